The smallest absolute Gasteiger partial charge is 0.316 e. The van der Waals surface area contributed by atoms with Crippen LogP contribution < -0.4 is 21.1 Å². The summed E-state index contributed by atoms with van der Waals surface area (Å²) in [4.78, 5) is 23.8. The number of hydrogen-bond donors (Lipinski definition) is 3. The van der Waals surface area contributed by atoms with Crippen molar-refractivity contribution in [1.29, 1.82) is 0 Å². The number of amides is 2. The zero-order valence-electron chi connectivity index (χ0n) is 15.4. The maximum atomic E-state index is 12.9. The van der Waals surface area contributed by atoms with Gasteiger partial charge in [0.25, 0.3) is 0 Å². The number of rotatable bonds is 5. The highest BCUT2D eigenvalue weighted by atomic mass is 16.5. The molecule has 0 fully saturated rings. The molecular weight excluding hydrogens is 356 g/mol. The minimum atomic E-state index is -0.625. The zero-order chi connectivity index (χ0) is 19.5. The summed E-state index contributed by atoms with van der Waals surface area (Å²) < 4.78 is 7.90. The Morgan fingerprint density at radius 3 is 2.75 bits per heavy atom. The number of nitrogens with zero attached hydrogens (tertiary/aromatic N) is 1. The molecule has 0 spiro atoms. The van der Waals surface area contributed by atoms with Crippen LogP contribution in [0.3, 0.4) is 0 Å². The van der Waals surface area contributed by atoms with Gasteiger partial charge in [0.1, 0.15) is 12.4 Å². The van der Waals surface area contributed by atoms with Crippen LogP contribution in [0.5, 0.6) is 5.75 Å². The number of aromatic nitrogens is 1. The van der Waals surface area contributed by atoms with Crippen molar-refractivity contribution in [2.45, 2.75) is 12.5 Å². The number of nitrogens with one attached hydrogen (secondary N) is 2. The van der Waals surface area contributed by atoms with E-state index < -0.39 is 6.03 Å². The number of Topliss-reactive ketones (excluding diaryl/α,β-unsaturated/α-hetero) is 1. The Bertz CT molecular complexity index is 1010. The summed E-state index contributed by atoms with van der Waals surface area (Å²) in [6, 6.07) is 16.4. The van der Waals surface area contributed by atoms with E-state index >= 15 is 0 Å². The van der Waals surface area contributed by atoms with E-state index in [4.69, 9.17) is 10.5 Å². The number of fused-ring (bicyclic) bond motifs is 3. The summed E-state index contributed by atoms with van der Waals surface area (Å²) in [5.41, 5.74) is 7.84. The summed E-state index contributed by atoms with van der Waals surface area (Å²) in [5, 5.41) is 6.98. The van der Waals surface area contributed by atoms with Crippen LogP contribution >= 0.6 is 0 Å². The van der Waals surface area contributed by atoms with Crippen LogP contribution in [-0.2, 0) is 11.3 Å². The number of hydrogen-bond acceptors (Lipinski definition) is 4. The molecule has 2 heterocycles. The Kier molecular flexibility index (Phi) is 4.99. The quantitative estimate of drug-likeness (QED) is 0.635. The maximum absolute atomic E-state index is 12.9. The Hall–Kier alpha value is -3.32. The molecule has 0 radical (unpaired) electrons. The number of carbonyl (C=O) groups is 2. The molecule has 1 unspecified atom stereocenters. The molecule has 0 saturated carbocycles. The van der Waals surface area contributed by atoms with Gasteiger partial charge in [-0.2, -0.15) is 0 Å². The molecule has 2 amide bonds. The fourth-order valence-electron chi connectivity index (χ4n) is 3.62. The normalized spacial score (nSPS) is 16.2. The van der Waals surface area contributed by atoms with Crippen molar-refractivity contribution in [3.05, 3.63) is 60.3 Å². The fourth-order valence-corrected chi connectivity index (χ4v) is 3.62. The number of ketones is 1. The van der Waals surface area contributed by atoms with Gasteiger partial charge in [0.15, 0.2) is 5.78 Å². The predicted molar refractivity (Wildman–Crippen MR) is 108 cm³/mol. The van der Waals surface area contributed by atoms with Crippen LogP contribution in [0, 0.1) is 0 Å². The average molecular weight is 378 g/mol. The second-order valence-corrected chi connectivity index (χ2v) is 6.80. The monoisotopic (exact) mass is 378 g/mol. The van der Waals surface area contributed by atoms with Crippen molar-refractivity contribution in [1.82, 2.24) is 9.88 Å². The number of urea groups is 1. The lowest BCUT2D eigenvalue weighted by Crippen LogP contribution is -2.28. The van der Waals surface area contributed by atoms with Crippen molar-refractivity contribution >= 4 is 28.4 Å². The second kappa shape index (κ2) is 7.74. The molecule has 3 aromatic rings. The lowest BCUT2D eigenvalue weighted by molar-refractivity contribution is -0.122. The summed E-state index contributed by atoms with van der Waals surface area (Å²) in [6.45, 7) is 2.24. The van der Waals surface area contributed by atoms with Crippen molar-refractivity contribution in [3.8, 4) is 5.75 Å². The molecule has 1 aliphatic rings. The maximum Gasteiger partial charge on any atom is 0.316 e. The summed E-state index contributed by atoms with van der Waals surface area (Å²) in [5.74, 6) is 0.328. The number of anilines is 1. The molecule has 4 rings (SSSR count). The number of ether oxygens (including phenoxy) is 1. The van der Waals surface area contributed by atoms with Gasteiger partial charge >= 0.3 is 6.03 Å². The van der Waals surface area contributed by atoms with Gasteiger partial charge in [-0.1, -0.05) is 18.2 Å². The predicted octanol–water partition coefficient (Wildman–Crippen LogP) is 2.47. The van der Waals surface area contributed by atoms with Crippen molar-refractivity contribution in [2.75, 3.05) is 25.0 Å². The third kappa shape index (κ3) is 3.70. The minimum absolute atomic E-state index is 0.0174. The third-order valence-corrected chi connectivity index (χ3v) is 4.95. The van der Waals surface area contributed by atoms with Crippen LogP contribution in [0.15, 0.2) is 54.6 Å². The molecule has 1 aliphatic heterocycles. The Labute approximate surface area is 162 Å². The first kappa shape index (κ1) is 18.1. The zero-order valence-corrected chi connectivity index (χ0v) is 15.4. The van der Waals surface area contributed by atoms with Crippen LogP contribution in [0.2, 0.25) is 0 Å². The van der Waals surface area contributed by atoms with E-state index in [1.165, 1.54) is 0 Å². The summed E-state index contributed by atoms with van der Waals surface area (Å²) in [6.07, 6.45) is 0. The molecule has 1 atom stereocenters. The molecule has 7 nitrogen and oxygen atoms in total. The van der Waals surface area contributed by atoms with Crippen molar-refractivity contribution < 1.29 is 14.3 Å². The van der Waals surface area contributed by atoms with Gasteiger partial charge in [-0.15, -0.1) is 0 Å². The Morgan fingerprint density at radius 1 is 1.18 bits per heavy atom. The third-order valence-electron chi connectivity index (χ3n) is 4.95. The van der Waals surface area contributed by atoms with Gasteiger partial charge < -0.3 is 25.7 Å². The van der Waals surface area contributed by atoms with Gasteiger partial charge in [-0.25, -0.2) is 4.79 Å². The highest BCUT2D eigenvalue weighted by molar-refractivity contribution is 5.90. The molecule has 7 heteroatoms. The van der Waals surface area contributed by atoms with Gasteiger partial charge in [-0.3, -0.25) is 4.79 Å². The standard InChI is InChI=1S/C21H22N4O3/c22-21(27)24-15-5-7-16(8-6-15)28-13-20(26)17-12-23-9-10-25-18-4-2-1-3-14(18)11-19(17)25/h1-8,11,17,23H,9-10,12-13H2,(H3,22,24,27). The van der Waals surface area contributed by atoms with E-state index in [2.05, 4.69) is 33.4 Å². The van der Waals surface area contributed by atoms with E-state index in [0.29, 0.717) is 18.0 Å². The van der Waals surface area contributed by atoms with Gasteiger partial charge in [0.2, 0.25) is 0 Å². The van der Waals surface area contributed by atoms with E-state index in [-0.39, 0.29) is 18.3 Å². The second-order valence-electron chi connectivity index (χ2n) is 6.80. The molecular formula is C21H22N4O3. The first-order chi connectivity index (χ1) is 13.6. The molecule has 28 heavy (non-hydrogen) atoms. The summed E-state index contributed by atoms with van der Waals surface area (Å²) in [7, 11) is 0. The molecule has 0 bridgehead atoms. The SMILES string of the molecule is NC(=O)Nc1ccc(OCC(=O)C2CNCCn3c2cc2ccccc23)cc1. The van der Waals surface area contributed by atoms with Gasteiger partial charge in [0, 0.05) is 36.5 Å². The topological polar surface area (TPSA) is 98.4 Å². The lowest BCUT2D eigenvalue weighted by atomic mass is 10.0. The van der Waals surface area contributed by atoms with Crippen LogP contribution in [-0.4, -0.2) is 36.1 Å². The molecule has 0 aliphatic carbocycles. The molecule has 4 N–H and O–H groups in total. The number of para-hydroxylation sites is 1. The van der Waals surface area contributed by atoms with Gasteiger partial charge in [-0.05, 0) is 41.8 Å². The highest BCUT2D eigenvalue weighted by Gasteiger charge is 2.27. The fraction of sp³-hybridized carbons (Fsp3) is 0.238. The van der Waals surface area contributed by atoms with Crippen LogP contribution in [0.25, 0.3) is 10.9 Å². The minimum Gasteiger partial charge on any atom is -0.486 e. The molecule has 144 valence electrons. The van der Waals surface area contributed by atoms with Crippen LogP contribution in [0.1, 0.15) is 11.6 Å². The van der Waals surface area contributed by atoms with E-state index in [0.717, 1.165) is 29.7 Å². The number of carbonyl (C=O) groups excluding carboxylic acids is 2. The first-order valence-electron chi connectivity index (χ1n) is 9.23. The molecule has 0 saturated heterocycles. The van der Waals surface area contributed by atoms with Gasteiger partial charge in [0.05, 0.1) is 5.92 Å². The summed E-state index contributed by atoms with van der Waals surface area (Å²) >= 11 is 0. The largest absolute Gasteiger partial charge is 0.486 e. The molecule has 1 aromatic heterocycles. The molecule has 2 aromatic carbocycles. The average Bonchev–Trinajstić information content (AvgIpc) is 2.92. The van der Waals surface area contributed by atoms with E-state index in [1.807, 2.05) is 12.1 Å². The highest BCUT2D eigenvalue weighted by Crippen LogP contribution is 2.28. The lowest BCUT2D eigenvalue weighted by Gasteiger charge is -2.16. The van der Waals surface area contributed by atoms with Crippen molar-refractivity contribution in [3.63, 3.8) is 0 Å². The van der Waals surface area contributed by atoms with Crippen LogP contribution in [0.4, 0.5) is 10.5 Å². The first-order valence-corrected chi connectivity index (χ1v) is 9.23. The number of nitrogens with two attached hydrogens (primary N) is 1. The Balaban J connectivity index is 1.48. The van der Waals surface area contributed by atoms with E-state index in [9.17, 15) is 9.59 Å². The van der Waals surface area contributed by atoms with Crippen molar-refractivity contribution in [2.24, 2.45) is 5.73 Å². The number of benzene rings is 2. The van der Waals surface area contributed by atoms with E-state index in [1.54, 1.807) is 24.3 Å². The number of primary amides is 1. The Morgan fingerprint density at radius 2 is 1.96 bits per heavy atom.